The van der Waals surface area contributed by atoms with E-state index in [-0.39, 0.29) is 0 Å². The summed E-state index contributed by atoms with van der Waals surface area (Å²) >= 11 is 0. The van der Waals surface area contributed by atoms with E-state index in [1.165, 1.54) is 11.3 Å². The maximum absolute atomic E-state index is 7.64. The number of hydrogen-bond acceptors (Lipinski definition) is 4. The van der Waals surface area contributed by atoms with Crippen molar-refractivity contribution in [3.8, 4) is 0 Å². The SMILES string of the molecule is Cc1nc(C2CCOCC2)c(/C(=N\C=N)N2CCc3[nH]nc(C(C)C)c3C2)[nH]1. The Hall–Kier alpha value is -2.48. The molecule has 0 atom stereocenters. The molecule has 150 valence electrons. The number of hydrogen-bond donors (Lipinski definition) is 3. The molecule has 2 aliphatic rings. The van der Waals surface area contributed by atoms with Crippen LogP contribution in [0.1, 0.15) is 72.7 Å². The number of rotatable bonds is 4. The first-order valence-corrected chi connectivity index (χ1v) is 10.1. The molecule has 2 aromatic rings. The molecule has 0 aromatic carbocycles. The number of ether oxygens (including phenoxy) is 1. The molecule has 0 saturated carbocycles. The summed E-state index contributed by atoms with van der Waals surface area (Å²) in [5, 5.41) is 15.4. The molecule has 8 nitrogen and oxygen atoms in total. The molecule has 28 heavy (non-hydrogen) atoms. The second-order valence-corrected chi connectivity index (χ2v) is 7.94. The van der Waals surface area contributed by atoms with Gasteiger partial charge in [0.1, 0.15) is 17.9 Å². The summed E-state index contributed by atoms with van der Waals surface area (Å²) in [6.07, 6.45) is 3.97. The number of aliphatic imine (C=N–C) groups is 1. The van der Waals surface area contributed by atoms with Crippen LogP contribution < -0.4 is 0 Å². The van der Waals surface area contributed by atoms with E-state index in [2.05, 4.69) is 38.9 Å². The van der Waals surface area contributed by atoms with E-state index in [4.69, 9.17) is 15.1 Å². The summed E-state index contributed by atoms with van der Waals surface area (Å²) in [5.74, 6) is 2.43. The lowest BCUT2D eigenvalue weighted by atomic mass is 9.94. The number of fused-ring (bicyclic) bond motifs is 1. The summed E-state index contributed by atoms with van der Waals surface area (Å²) in [7, 11) is 0. The van der Waals surface area contributed by atoms with Crippen molar-refractivity contribution < 1.29 is 4.74 Å². The summed E-state index contributed by atoms with van der Waals surface area (Å²) in [6.45, 7) is 9.45. The van der Waals surface area contributed by atoms with Crippen molar-refractivity contribution >= 4 is 12.2 Å². The Bertz CT molecular complexity index is 873. The molecular weight excluding hydrogens is 354 g/mol. The van der Waals surface area contributed by atoms with Gasteiger partial charge < -0.3 is 14.6 Å². The molecule has 1 fully saturated rings. The zero-order valence-corrected chi connectivity index (χ0v) is 16.9. The Morgan fingerprint density at radius 2 is 2.14 bits per heavy atom. The number of amidine groups is 1. The standard InChI is InChI=1S/C20H29N7O/c1-12(2)17-15-10-27(7-4-16(15)25-26-17)20(22-11-21)19-18(23-13(3)24-19)14-5-8-28-9-6-14/h11-12,14,21H,4-10H2,1-3H3,(H,23,24)(H,25,26)/b21-11?,22-20+. The minimum absolute atomic E-state index is 0.366. The maximum atomic E-state index is 7.64. The third-order valence-electron chi connectivity index (χ3n) is 5.68. The average Bonchev–Trinajstić information content (AvgIpc) is 3.30. The first-order chi connectivity index (χ1) is 13.6. The number of aromatic nitrogens is 4. The molecule has 0 spiro atoms. The van der Waals surface area contributed by atoms with Gasteiger partial charge in [-0.2, -0.15) is 5.10 Å². The molecule has 0 radical (unpaired) electrons. The summed E-state index contributed by atoms with van der Waals surface area (Å²) in [6, 6.07) is 0. The Morgan fingerprint density at radius 3 is 2.86 bits per heavy atom. The number of aromatic amines is 2. The lowest BCUT2D eigenvalue weighted by Crippen LogP contribution is -2.38. The third-order valence-corrected chi connectivity index (χ3v) is 5.68. The summed E-state index contributed by atoms with van der Waals surface area (Å²) in [5.41, 5.74) is 5.62. The highest BCUT2D eigenvalue weighted by molar-refractivity contribution is 6.01. The van der Waals surface area contributed by atoms with Crippen LogP contribution in [0.3, 0.4) is 0 Å². The van der Waals surface area contributed by atoms with Gasteiger partial charge in [-0.3, -0.25) is 10.5 Å². The summed E-state index contributed by atoms with van der Waals surface area (Å²) < 4.78 is 5.53. The Labute approximate surface area is 165 Å². The fourth-order valence-corrected chi connectivity index (χ4v) is 4.29. The van der Waals surface area contributed by atoms with Crippen molar-refractivity contribution in [3.05, 3.63) is 34.2 Å². The minimum atomic E-state index is 0.366. The van der Waals surface area contributed by atoms with Crippen molar-refractivity contribution in [1.29, 1.82) is 5.41 Å². The minimum Gasteiger partial charge on any atom is -0.381 e. The fourth-order valence-electron chi connectivity index (χ4n) is 4.29. The lowest BCUT2D eigenvalue weighted by Gasteiger charge is -2.31. The second-order valence-electron chi connectivity index (χ2n) is 7.94. The molecule has 1 saturated heterocycles. The zero-order chi connectivity index (χ0) is 19.7. The highest BCUT2D eigenvalue weighted by Gasteiger charge is 2.30. The smallest absolute Gasteiger partial charge is 0.156 e. The van der Waals surface area contributed by atoms with Crippen LogP contribution in [-0.4, -0.2) is 57.0 Å². The van der Waals surface area contributed by atoms with Crippen LogP contribution in [0, 0.1) is 12.3 Å². The van der Waals surface area contributed by atoms with Gasteiger partial charge in [0.25, 0.3) is 0 Å². The van der Waals surface area contributed by atoms with Gasteiger partial charge in [0, 0.05) is 49.9 Å². The average molecular weight is 384 g/mol. The Balaban J connectivity index is 1.68. The third kappa shape index (κ3) is 3.48. The zero-order valence-electron chi connectivity index (χ0n) is 16.9. The van der Waals surface area contributed by atoms with Crippen LogP contribution in [0.25, 0.3) is 0 Å². The summed E-state index contributed by atoms with van der Waals surface area (Å²) in [4.78, 5) is 15.0. The van der Waals surface area contributed by atoms with Gasteiger partial charge in [-0.1, -0.05) is 13.8 Å². The van der Waals surface area contributed by atoms with Gasteiger partial charge >= 0.3 is 0 Å². The van der Waals surface area contributed by atoms with Crippen molar-refractivity contribution in [1.82, 2.24) is 25.1 Å². The van der Waals surface area contributed by atoms with Crippen LogP contribution in [-0.2, 0) is 17.7 Å². The van der Waals surface area contributed by atoms with Crippen LogP contribution >= 0.6 is 0 Å². The van der Waals surface area contributed by atoms with Gasteiger partial charge in [-0.25, -0.2) is 9.98 Å². The molecule has 8 heteroatoms. The molecular formula is C20H29N7O. The van der Waals surface area contributed by atoms with Gasteiger partial charge in [-0.05, 0) is 25.7 Å². The molecule has 0 amide bonds. The van der Waals surface area contributed by atoms with Gasteiger partial charge in [-0.15, -0.1) is 0 Å². The van der Waals surface area contributed by atoms with E-state index < -0.39 is 0 Å². The Morgan fingerprint density at radius 1 is 1.36 bits per heavy atom. The number of H-pyrrole nitrogens is 2. The van der Waals surface area contributed by atoms with Gasteiger partial charge in [0.05, 0.1) is 11.4 Å². The first-order valence-electron chi connectivity index (χ1n) is 10.1. The van der Waals surface area contributed by atoms with E-state index in [1.54, 1.807) is 0 Å². The van der Waals surface area contributed by atoms with Gasteiger partial charge in [0.15, 0.2) is 5.84 Å². The van der Waals surface area contributed by atoms with E-state index in [0.717, 1.165) is 80.6 Å². The highest BCUT2D eigenvalue weighted by atomic mass is 16.5. The molecule has 2 aromatic heterocycles. The predicted octanol–water partition coefficient (Wildman–Crippen LogP) is 2.87. The second kappa shape index (κ2) is 7.87. The molecule has 0 unspecified atom stereocenters. The number of imidazole rings is 1. The largest absolute Gasteiger partial charge is 0.381 e. The quantitative estimate of drug-likeness (QED) is 0.557. The van der Waals surface area contributed by atoms with Crippen molar-refractivity contribution in [3.63, 3.8) is 0 Å². The molecule has 0 aliphatic carbocycles. The maximum Gasteiger partial charge on any atom is 0.156 e. The molecule has 0 bridgehead atoms. The monoisotopic (exact) mass is 383 g/mol. The molecule has 2 aliphatic heterocycles. The van der Waals surface area contributed by atoms with Crippen molar-refractivity contribution in [2.24, 2.45) is 4.99 Å². The molecule has 3 N–H and O–H groups in total. The predicted molar refractivity (Wildman–Crippen MR) is 108 cm³/mol. The topological polar surface area (TPSA) is 106 Å². The molecule has 4 heterocycles. The number of aryl methyl sites for hydroxylation is 1. The van der Waals surface area contributed by atoms with Crippen molar-refractivity contribution in [2.75, 3.05) is 19.8 Å². The molecule has 4 rings (SSSR count). The van der Waals surface area contributed by atoms with Crippen LogP contribution in [0.4, 0.5) is 0 Å². The van der Waals surface area contributed by atoms with Crippen LogP contribution in [0.5, 0.6) is 0 Å². The van der Waals surface area contributed by atoms with E-state index in [9.17, 15) is 0 Å². The highest BCUT2D eigenvalue weighted by Crippen LogP contribution is 2.31. The van der Waals surface area contributed by atoms with E-state index >= 15 is 0 Å². The number of nitrogens with one attached hydrogen (secondary N) is 3. The number of nitrogens with zero attached hydrogens (tertiary/aromatic N) is 4. The Kier molecular flexibility index (Phi) is 5.30. The van der Waals surface area contributed by atoms with E-state index in [1.807, 2.05) is 6.92 Å². The first kappa shape index (κ1) is 18.9. The van der Waals surface area contributed by atoms with Crippen molar-refractivity contribution in [2.45, 2.75) is 58.4 Å². The fraction of sp³-hybridized carbons (Fsp3) is 0.600. The lowest BCUT2D eigenvalue weighted by molar-refractivity contribution is 0.0845. The normalized spacial score (nSPS) is 18.6. The van der Waals surface area contributed by atoms with Crippen LogP contribution in [0.15, 0.2) is 4.99 Å². The van der Waals surface area contributed by atoms with E-state index in [0.29, 0.717) is 11.8 Å². The van der Waals surface area contributed by atoms with Gasteiger partial charge in [0.2, 0.25) is 0 Å². The van der Waals surface area contributed by atoms with Crippen LogP contribution in [0.2, 0.25) is 0 Å².